The Morgan fingerprint density at radius 2 is 2.32 bits per heavy atom. The van der Waals surface area contributed by atoms with Crippen molar-refractivity contribution < 1.29 is 9.18 Å². The minimum absolute atomic E-state index is 0.0340. The topological polar surface area (TPSA) is 49.6 Å². The highest BCUT2D eigenvalue weighted by Crippen LogP contribution is 2.44. The number of halogens is 1. The van der Waals surface area contributed by atoms with Crippen LogP contribution in [0, 0.1) is 5.82 Å². The van der Waals surface area contributed by atoms with Gasteiger partial charge in [0.1, 0.15) is 5.82 Å². The predicted octanol–water partition coefficient (Wildman–Crippen LogP) is 2.17. The number of carbonyl (C=O) groups excluding carboxylic acids is 1. The van der Waals surface area contributed by atoms with E-state index in [-0.39, 0.29) is 28.3 Å². The van der Waals surface area contributed by atoms with E-state index >= 15 is 0 Å². The van der Waals surface area contributed by atoms with Crippen molar-refractivity contribution in [1.29, 1.82) is 0 Å². The normalized spacial score (nSPS) is 25.3. The van der Waals surface area contributed by atoms with Crippen molar-refractivity contribution in [2.75, 3.05) is 11.4 Å². The predicted molar refractivity (Wildman–Crippen MR) is 76.9 cm³/mol. The molecule has 0 bridgehead atoms. The summed E-state index contributed by atoms with van der Waals surface area (Å²) in [6.07, 6.45) is 0. The lowest BCUT2D eigenvalue weighted by molar-refractivity contribution is 0.238. The van der Waals surface area contributed by atoms with Crippen LogP contribution in [0.3, 0.4) is 0 Å². The van der Waals surface area contributed by atoms with Gasteiger partial charge in [-0.1, -0.05) is 6.92 Å². The molecule has 3 rings (SSSR count). The SMILES string of the molecule is CC1Sc2ccc(F)cc2N2C(=O)N(C(N)=S)CC12. The van der Waals surface area contributed by atoms with Gasteiger partial charge in [0.2, 0.25) is 0 Å². The van der Waals surface area contributed by atoms with Crippen LogP contribution in [-0.2, 0) is 0 Å². The van der Waals surface area contributed by atoms with E-state index in [0.29, 0.717) is 12.2 Å². The Hall–Kier alpha value is -1.34. The summed E-state index contributed by atoms with van der Waals surface area (Å²) < 4.78 is 13.4. The molecule has 2 unspecified atom stereocenters. The van der Waals surface area contributed by atoms with E-state index in [2.05, 4.69) is 0 Å². The number of carbonyl (C=O) groups is 1. The third kappa shape index (κ3) is 1.88. The van der Waals surface area contributed by atoms with Crippen LogP contribution < -0.4 is 10.6 Å². The van der Waals surface area contributed by atoms with Crippen molar-refractivity contribution in [2.45, 2.75) is 23.1 Å². The lowest BCUT2D eigenvalue weighted by Crippen LogP contribution is -2.43. The summed E-state index contributed by atoms with van der Waals surface area (Å²) >= 11 is 6.53. The van der Waals surface area contributed by atoms with Gasteiger partial charge in [0.25, 0.3) is 0 Å². The highest BCUT2D eigenvalue weighted by Gasteiger charge is 2.45. The van der Waals surface area contributed by atoms with Crippen molar-refractivity contribution in [3.63, 3.8) is 0 Å². The number of rotatable bonds is 0. The quantitative estimate of drug-likeness (QED) is 0.746. The fraction of sp³-hybridized carbons (Fsp3) is 0.333. The molecular weight excluding hydrogens is 285 g/mol. The largest absolute Gasteiger partial charge is 0.376 e. The number of thiocarbonyl (C=S) groups is 1. The lowest BCUT2D eigenvalue weighted by Gasteiger charge is -2.34. The maximum absolute atomic E-state index is 13.4. The first-order chi connectivity index (χ1) is 8.99. The lowest BCUT2D eigenvalue weighted by atomic mass is 10.1. The molecule has 4 nitrogen and oxygen atoms in total. The van der Waals surface area contributed by atoms with Gasteiger partial charge >= 0.3 is 6.03 Å². The number of benzene rings is 1. The van der Waals surface area contributed by atoms with Gasteiger partial charge in [-0.25, -0.2) is 9.18 Å². The molecule has 2 heterocycles. The number of amides is 2. The van der Waals surface area contributed by atoms with Gasteiger partial charge in [-0.3, -0.25) is 9.80 Å². The summed E-state index contributed by atoms with van der Waals surface area (Å²) in [5.74, 6) is -0.353. The third-order valence-electron chi connectivity index (χ3n) is 3.44. The van der Waals surface area contributed by atoms with Gasteiger partial charge in [0.05, 0.1) is 18.3 Å². The molecule has 0 saturated carbocycles. The van der Waals surface area contributed by atoms with Gasteiger partial charge in [-0.05, 0) is 30.4 Å². The van der Waals surface area contributed by atoms with E-state index in [1.54, 1.807) is 22.7 Å². The molecule has 0 spiro atoms. The molecule has 2 amide bonds. The first-order valence-electron chi connectivity index (χ1n) is 5.85. The Labute approximate surface area is 119 Å². The molecule has 2 atom stereocenters. The minimum Gasteiger partial charge on any atom is -0.376 e. The van der Waals surface area contributed by atoms with Crippen LogP contribution in [0.4, 0.5) is 14.9 Å². The second-order valence-corrected chi connectivity index (χ2v) is 6.44. The van der Waals surface area contributed by atoms with Crippen molar-refractivity contribution >= 4 is 40.8 Å². The molecule has 1 saturated heterocycles. The Balaban J connectivity index is 2.09. The average Bonchev–Trinajstić information content (AvgIpc) is 2.69. The number of fused-ring (bicyclic) bond motifs is 3. The maximum Gasteiger partial charge on any atom is 0.331 e. The molecule has 2 N–H and O–H groups in total. The number of nitrogens with zero attached hydrogens (tertiary/aromatic N) is 2. The fourth-order valence-electron chi connectivity index (χ4n) is 2.50. The fourth-order valence-corrected chi connectivity index (χ4v) is 3.84. The van der Waals surface area contributed by atoms with Crippen molar-refractivity contribution in [1.82, 2.24) is 4.90 Å². The van der Waals surface area contributed by atoms with E-state index in [4.69, 9.17) is 18.0 Å². The molecule has 2 aliphatic heterocycles. The molecular formula is C12H12FN3OS2. The van der Waals surface area contributed by atoms with Crippen molar-refractivity contribution in [2.24, 2.45) is 5.73 Å². The summed E-state index contributed by atoms with van der Waals surface area (Å²) in [6.45, 7) is 2.50. The van der Waals surface area contributed by atoms with Crippen molar-refractivity contribution in [3.8, 4) is 0 Å². The van der Waals surface area contributed by atoms with E-state index in [0.717, 1.165) is 4.90 Å². The molecule has 1 aromatic carbocycles. The zero-order valence-electron chi connectivity index (χ0n) is 10.2. The van der Waals surface area contributed by atoms with Crippen LogP contribution in [0.25, 0.3) is 0 Å². The first kappa shape index (κ1) is 12.7. The summed E-state index contributed by atoms with van der Waals surface area (Å²) in [4.78, 5) is 16.2. The van der Waals surface area contributed by atoms with Crippen molar-refractivity contribution in [3.05, 3.63) is 24.0 Å². The molecule has 19 heavy (non-hydrogen) atoms. The molecule has 1 fully saturated rings. The molecule has 100 valence electrons. The van der Waals surface area contributed by atoms with E-state index in [9.17, 15) is 9.18 Å². The zero-order valence-corrected chi connectivity index (χ0v) is 11.8. The Morgan fingerprint density at radius 3 is 3.00 bits per heavy atom. The smallest absolute Gasteiger partial charge is 0.331 e. The molecule has 1 aromatic rings. The number of anilines is 1. The Bertz CT molecular complexity index is 580. The van der Waals surface area contributed by atoms with Crippen LogP contribution in [0.1, 0.15) is 6.92 Å². The Kier molecular flexibility index (Phi) is 2.90. The first-order valence-corrected chi connectivity index (χ1v) is 7.14. The second kappa shape index (κ2) is 4.35. The molecule has 2 aliphatic rings. The van der Waals surface area contributed by atoms with Gasteiger partial charge < -0.3 is 5.73 Å². The standard InChI is InChI=1S/C12H12FN3OS2/c1-6-9-5-15(11(14)18)12(17)16(9)8-4-7(13)2-3-10(8)19-6/h2-4,6,9H,5H2,1H3,(H2,14,18). The molecule has 0 aromatic heterocycles. The van der Waals surface area contributed by atoms with Crippen LogP contribution in [0.2, 0.25) is 0 Å². The summed E-state index contributed by atoms with van der Waals surface area (Å²) in [5.41, 5.74) is 6.17. The molecule has 7 heteroatoms. The van der Waals surface area contributed by atoms with Crippen LogP contribution in [0.5, 0.6) is 0 Å². The summed E-state index contributed by atoms with van der Waals surface area (Å²) in [7, 11) is 0. The van der Waals surface area contributed by atoms with Crippen LogP contribution in [-0.4, -0.2) is 33.9 Å². The highest BCUT2D eigenvalue weighted by atomic mass is 32.2. The van der Waals surface area contributed by atoms with Gasteiger partial charge in [-0.2, -0.15) is 0 Å². The maximum atomic E-state index is 13.4. The van der Waals surface area contributed by atoms with Gasteiger partial charge in [0.15, 0.2) is 5.11 Å². The minimum atomic E-state index is -0.353. The van der Waals surface area contributed by atoms with Gasteiger partial charge in [-0.15, -0.1) is 11.8 Å². The Morgan fingerprint density at radius 1 is 1.58 bits per heavy atom. The van der Waals surface area contributed by atoms with E-state index in [1.165, 1.54) is 17.0 Å². The third-order valence-corrected chi connectivity index (χ3v) is 4.95. The highest BCUT2D eigenvalue weighted by molar-refractivity contribution is 8.00. The zero-order chi connectivity index (χ0) is 13.7. The molecule has 0 radical (unpaired) electrons. The van der Waals surface area contributed by atoms with E-state index < -0.39 is 0 Å². The average molecular weight is 297 g/mol. The second-order valence-electron chi connectivity index (χ2n) is 4.60. The summed E-state index contributed by atoms with van der Waals surface area (Å²) in [5, 5.41) is 0.274. The number of hydrogen-bond acceptors (Lipinski definition) is 3. The van der Waals surface area contributed by atoms with Crippen LogP contribution in [0.15, 0.2) is 23.1 Å². The van der Waals surface area contributed by atoms with E-state index in [1.807, 2.05) is 6.92 Å². The molecule has 0 aliphatic carbocycles. The number of nitrogens with two attached hydrogens (primary N) is 1. The van der Waals surface area contributed by atoms with Gasteiger partial charge in [0, 0.05) is 10.1 Å². The number of hydrogen-bond donors (Lipinski definition) is 1. The number of thioether (sulfide) groups is 1. The number of urea groups is 1. The monoisotopic (exact) mass is 297 g/mol. The summed E-state index contributed by atoms with van der Waals surface area (Å²) in [6, 6.07) is 4.20. The van der Waals surface area contributed by atoms with Crippen LogP contribution >= 0.6 is 24.0 Å².